The third kappa shape index (κ3) is 13.4. The van der Waals surface area contributed by atoms with Gasteiger partial charge in [0.2, 0.25) is 0 Å². The van der Waals surface area contributed by atoms with Gasteiger partial charge in [-0.3, -0.25) is 9.59 Å². The summed E-state index contributed by atoms with van der Waals surface area (Å²) in [6, 6.07) is 35.7. The van der Waals surface area contributed by atoms with Gasteiger partial charge in [0.25, 0.3) is 31.9 Å². The number of anilines is 2. The highest BCUT2D eigenvalue weighted by Crippen LogP contribution is 2.31. The largest absolute Gasteiger partial charge is 0.382 e. The summed E-state index contributed by atoms with van der Waals surface area (Å²) in [6.07, 6.45) is 8.81. The molecule has 9 rings (SSSR count). The van der Waals surface area contributed by atoms with Crippen molar-refractivity contribution in [1.82, 2.24) is 19.2 Å². The van der Waals surface area contributed by atoms with E-state index in [-0.39, 0.29) is 37.0 Å². The summed E-state index contributed by atoms with van der Waals surface area (Å²) in [7, 11) is -7.09. The van der Waals surface area contributed by atoms with Crippen LogP contribution in [0.15, 0.2) is 124 Å². The van der Waals surface area contributed by atoms with Crippen molar-refractivity contribution in [2.45, 2.75) is 98.3 Å². The highest BCUT2D eigenvalue weighted by Gasteiger charge is 2.32. The van der Waals surface area contributed by atoms with Gasteiger partial charge in [0, 0.05) is 80.6 Å². The van der Waals surface area contributed by atoms with Gasteiger partial charge in [-0.2, -0.15) is 8.61 Å². The van der Waals surface area contributed by atoms with E-state index < -0.39 is 20.0 Å². The molecule has 18 heteroatoms. The van der Waals surface area contributed by atoms with Crippen molar-refractivity contribution in [2.75, 3.05) is 36.8 Å². The van der Waals surface area contributed by atoms with Gasteiger partial charge in [0.1, 0.15) is 8.42 Å². The van der Waals surface area contributed by atoms with Crippen molar-refractivity contribution < 1.29 is 26.4 Å². The Kier molecular flexibility index (Phi) is 17.4. The molecule has 70 heavy (non-hydrogen) atoms. The van der Waals surface area contributed by atoms with Crippen LogP contribution in [0.25, 0.3) is 0 Å². The number of aryl methyl sites for hydroxylation is 3. The smallest absolute Gasteiger partial charge is 0.252 e. The number of rotatable bonds is 16. The van der Waals surface area contributed by atoms with Crippen LogP contribution in [0, 0.1) is 0 Å². The van der Waals surface area contributed by atoms with Gasteiger partial charge in [-0.25, -0.2) is 16.8 Å². The summed E-state index contributed by atoms with van der Waals surface area (Å²) in [6.45, 7) is 4.66. The Bertz CT molecular complexity index is 2950. The molecular formula is C52H58Cl2N6O6S4. The van der Waals surface area contributed by atoms with Gasteiger partial charge in [-0.15, -0.1) is 22.7 Å². The second-order valence-corrected chi connectivity index (χ2v) is 25.3. The number of fused-ring (bicyclic) bond motifs is 1. The predicted octanol–water partition coefficient (Wildman–Crippen LogP) is 10.6. The number of piperidine rings is 2. The highest BCUT2D eigenvalue weighted by molar-refractivity contribution is 7.91. The Balaban J connectivity index is 0.000000188. The Morgan fingerprint density at radius 3 is 1.49 bits per heavy atom. The zero-order valence-electron chi connectivity index (χ0n) is 39.0. The number of carbonyl (C=O) groups is 2. The molecule has 0 radical (unpaired) electrons. The minimum absolute atomic E-state index is 0.225. The van der Waals surface area contributed by atoms with Crippen LogP contribution in [-0.2, 0) is 52.4 Å². The third-order valence-electron chi connectivity index (χ3n) is 12.8. The van der Waals surface area contributed by atoms with Gasteiger partial charge in [0.15, 0.2) is 0 Å². The molecule has 370 valence electrons. The Morgan fingerprint density at radius 2 is 1.01 bits per heavy atom. The monoisotopic (exact) mass is 1060 g/mol. The maximum absolute atomic E-state index is 13.2. The molecule has 2 aromatic heterocycles. The number of thiophene rings is 2. The average Bonchev–Trinajstić information content (AvgIpc) is 4.17. The summed E-state index contributed by atoms with van der Waals surface area (Å²) in [4.78, 5) is 26.2. The molecule has 4 heterocycles. The first kappa shape index (κ1) is 51.6. The SMILES string of the molecule is CCCc1ccc(NC2CCN(S(=O)(=O)c3ccc(CNC(=O)c4ccc(Cl)cc4)s3)CC2)cc1.O=C(NCc1ccc(S(=O)(=O)N2CCC(Nc3ccc4c(c3)CCC4)CC2)s1)c1ccc(Cl)cc1. The predicted molar refractivity (Wildman–Crippen MR) is 284 cm³/mol. The molecule has 2 amide bonds. The van der Waals surface area contributed by atoms with Gasteiger partial charge in [-0.05, 0) is 165 Å². The number of hydrogen-bond donors (Lipinski definition) is 4. The molecule has 0 spiro atoms. The molecule has 12 nitrogen and oxygen atoms in total. The first-order valence-corrected chi connectivity index (χ1v) is 29.0. The van der Waals surface area contributed by atoms with E-state index in [1.807, 2.05) is 0 Å². The van der Waals surface area contributed by atoms with Crippen molar-refractivity contribution in [1.29, 1.82) is 0 Å². The average molecular weight is 1060 g/mol. The Labute approximate surface area is 429 Å². The molecule has 0 saturated carbocycles. The summed E-state index contributed by atoms with van der Waals surface area (Å²) >= 11 is 14.1. The van der Waals surface area contributed by atoms with E-state index in [2.05, 4.69) is 70.7 Å². The van der Waals surface area contributed by atoms with Crippen molar-refractivity contribution in [3.05, 3.63) is 163 Å². The Morgan fingerprint density at radius 1 is 0.571 bits per heavy atom. The lowest BCUT2D eigenvalue weighted by molar-refractivity contribution is 0.0943. The van der Waals surface area contributed by atoms with Crippen LogP contribution < -0.4 is 21.3 Å². The van der Waals surface area contributed by atoms with Crippen molar-refractivity contribution in [3.63, 3.8) is 0 Å². The van der Waals surface area contributed by atoms with Gasteiger partial charge in [0.05, 0.1) is 13.1 Å². The molecule has 1 aliphatic carbocycles. The van der Waals surface area contributed by atoms with Crippen molar-refractivity contribution in [2.24, 2.45) is 0 Å². The molecule has 3 aliphatic rings. The summed E-state index contributed by atoms with van der Waals surface area (Å²) in [5.74, 6) is -0.452. The normalized spacial score (nSPS) is 15.9. The standard InChI is InChI=1S/C26H28ClN3O3S2.C26H30ClN3O3S2/c27-21-7-4-19(5-8-21)26(31)28-17-24-10-11-25(34-24)35(32,33)30-14-12-22(13-15-30)29-23-9-6-18-2-1-3-20(18)16-23;1-2-3-19-4-10-22(11-5-19)29-23-14-16-30(17-15-23)35(32,33)25-13-12-24(34-25)18-28-26(31)20-6-8-21(27)9-7-20/h4-11,16,22,29H,1-3,12-15,17H2,(H,28,31);4-13,23,29H,2-3,14-18H2,1H3,(H,28,31). The van der Waals surface area contributed by atoms with Crippen LogP contribution >= 0.6 is 45.9 Å². The quantitative estimate of drug-likeness (QED) is 0.0746. The molecular weight excluding hydrogens is 1000 g/mol. The molecule has 0 bridgehead atoms. The lowest BCUT2D eigenvalue weighted by Crippen LogP contribution is -2.42. The molecule has 4 aromatic carbocycles. The van der Waals surface area contributed by atoms with Gasteiger partial charge >= 0.3 is 0 Å². The number of benzene rings is 4. The van der Waals surface area contributed by atoms with E-state index in [4.69, 9.17) is 23.2 Å². The van der Waals surface area contributed by atoms with Crippen LogP contribution in [0.2, 0.25) is 10.0 Å². The molecule has 6 aromatic rings. The van der Waals surface area contributed by atoms with Crippen LogP contribution in [0.5, 0.6) is 0 Å². The van der Waals surface area contributed by atoms with E-state index in [0.29, 0.717) is 55.8 Å². The maximum Gasteiger partial charge on any atom is 0.252 e. The van der Waals surface area contributed by atoms with E-state index in [9.17, 15) is 26.4 Å². The lowest BCUT2D eigenvalue weighted by Gasteiger charge is -2.32. The third-order valence-corrected chi connectivity index (χ3v) is 20.2. The maximum atomic E-state index is 13.2. The first-order chi connectivity index (χ1) is 33.7. The molecule has 4 N–H and O–H groups in total. The van der Waals surface area contributed by atoms with E-state index in [1.165, 1.54) is 52.2 Å². The molecule has 2 saturated heterocycles. The second-order valence-electron chi connectivity index (χ2n) is 17.7. The Hall–Kier alpha value is -4.78. The fourth-order valence-electron chi connectivity index (χ4n) is 8.85. The molecule has 2 fully saturated rings. The van der Waals surface area contributed by atoms with Crippen LogP contribution in [0.3, 0.4) is 0 Å². The van der Waals surface area contributed by atoms with Crippen LogP contribution in [0.1, 0.15) is 92.6 Å². The minimum Gasteiger partial charge on any atom is -0.382 e. The second kappa shape index (κ2) is 23.6. The fraction of sp³-hybridized carbons (Fsp3) is 0.346. The zero-order valence-corrected chi connectivity index (χ0v) is 43.7. The van der Waals surface area contributed by atoms with E-state index >= 15 is 0 Å². The van der Waals surface area contributed by atoms with Crippen LogP contribution in [-0.4, -0.2) is 75.5 Å². The van der Waals surface area contributed by atoms with Crippen molar-refractivity contribution in [3.8, 4) is 0 Å². The summed E-state index contributed by atoms with van der Waals surface area (Å²) in [5, 5.41) is 13.9. The number of nitrogens with one attached hydrogen (secondary N) is 4. The first-order valence-electron chi connectivity index (χ1n) is 23.7. The summed E-state index contributed by atoms with van der Waals surface area (Å²) < 4.78 is 56.5. The number of carbonyl (C=O) groups excluding carboxylic acids is 2. The number of halogens is 2. The van der Waals surface area contributed by atoms with Crippen molar-refractivity contribution >= 4 is 89.1 Å². The highest BCUT2D eigenvalue weighted by atomic mass is 35.5. The minimum atomic E-state index is -3.55. The summed E-state index contributed by atoms with van der Waals surface area (Å²) in [5.41, 5.74) is 7.45. The van der Waals surface area contributed by atoms with E-state index in [0.717, 1.165) is 66.1 Å². The molecule has 0 atom stereocenters. The van der Waals surface area contributed by atoms with E-state index in [1.54, 1.807) is 81.4 Å². The molecule has 0 unspecified atom stereocenters. The fourth-order valence-corrected chi connectivity index (χ4v) is 14.9. The van der Waals surface area contributed by atoms with Gasteiger partial charge < -0.3 is 21.3 Å². The zero-order chi connectivity index (χ0) is 49.3. The topological polar surface area (TPSA) is 157 Å². The van der Waals surface area contributed by atoms with Gasteiger partial charge in [-0.1, -0.05) is 54.7 Å². The number of sulfonamides is 2. The number of amides is 2. The lowest BCUT2D eigenvalue weighted by atomic mass is 10.0. The number of hydrogen-bond acceptors (Lipinski definition) is 10. The van der Waals surface area contributed by atoms with Crippen LogP contribution in [0.4, 0.5) is 11.4 Å². The number of nitrogens with zero attached hydrogens (tertiary/aromatic N) is 2. The molecule has 2 aliphatic heterocycles.